The molecule has 0 heterocycles. The number of benzene rings is 2. The van der Waals surface area contributed by atoms with Gasteiger partial charge in [0.2, 0.25) is 0 Å². The first-order valence-electron chi connectivity index (χ1n) is 5.84. The smallest absolute Gasteiger partial charge is 0.271 e. The van der Waals surface area contributed by atoms with Crippen molar-refractivity contribution in [2.24, 2.45) is 0 Å². The fourth-order valence-electron chi connectivity index (χ4n) is 1.63. The van der Waals surface area contributed by atoms with Crippen molar-refractivity contribution in [2.45, 2.75) is 0 Å². The second-order valence-corrected chi connectivity index (χ2v) is 5.39. The summed E-state index contributed by atoms with van der Waals surface area (Å²) in [5.74, 6) is -1.55. The number of hydrogen-bond donors (Lipinski definition) is 2. The maximum Gasteiger partial charge on any atom is 0.271 e. The van der Waals surface area contributed by atoms with Crippen LogP contribution in [-0.2, 0) is 0 Å². The Balaban J connectivity index is 2.14. The fourth-order valence-corrected chi connectivity index (χ4v) is 2.36. The van der Waals surface area contributed by atoms with Gasteiger partial charge < -0.3 is 10.6 Å². The molecule has 5 nitrogen and oxygen atoms in total. The second-order valence-electron chi connectivity index (χ2n) is 4.13. The summed E-state index contributed by atoms with van der Waals surface area (Å²) in [6, 6.07) is 7.46. The summed E-state index contributed by atoms with van der Waals surface area (Å²) in [4.78, 5) is 10.1. The molecule has 0 unspecified atom stereocenters. The number of anilines is 2. The van der Waals surface area contributed by atoms with E-state index in [1.165, 1.54) is 18.2 Å². The Morgan fingerprint density at radius 3 is 2.59 bits per heavy atom. The first-order valence-corrected chi connectivity index (χ1v) is 7.04. The predicted octanol–water partition coefficient (Wildman–Crippen LogP) is 4.44. The molecular weight excluding hydrogens is 380 g/mol. The number of nitrogens with zero attached hydrogens (tertiary/aromatic N) is 1. The minimum absolute atomic E-state index is 0.00621. The van der Waals surface area contributed by atoms with E-state index in [0.29, 0.717) is 11.8 Å². The zero-order chi connectivity index (χ0) is 16.3. The van der Waals surface area contributed by atoms with Gasteiger partial charge in [-0.25, -0.2) is 8.78 Å². The molecule has 0 spiro atoms. The molecule has 9 heteroatoms. The van der Waals surface area contributed by atoms with Crippen LogP contribution in [0.15, 0.2) is 40.9 Å². The molecule has 2 rings (SSSR count). The lowest BCUT2D eigenvalue weighted by Crippen LogP contribution is -2.20. The molecule has 22 heavy (non-hydrogen) atoms. The van der Waals surface area contributed by atoms with Crippen LogP contribution in [0.4, 0.5) is 25.8 Å². The molecule has 0 aliphatic carbocycles. The van der Waals surface area contributed by atoms with Gasteiger partial charge in [0.05, 0.1) is 10.6 Å². The van der Waals surface area contributed by atoms with Crippen LogP contribution in [0.3, 0.4) is 0 Å². The molecule has 2 N–H and O–H groups in total. The summed E-state index contributed by atoms with van der Waals surface area (Å²) in [6.45, 7) is 0. The van der Waals surface area contributed by atoms with Crippen molar-refractivity contribution < 1.29 is 13.7 Å². The minimum atomic E-state index is -0.824. The lowest BCUT2D eigenvalue weighted by molar-refractivity contribution is -0.384. The Morgan fingerprint density at radius 1 is 1.23 bits per heavy atom. The third kappa shape index (κ3) is 3.95. The van der Waals surface area contributed by atoms with E-state index < -0.39 is 16.6 Å². The molecule has 0 amide bonds. The third-order valence-electron chi connectivity index (χ3n) is 2.56. The van der Waals surface area contributed by atoms with Crippen LogP contribution in [-0.4, -0.2) is 10.0 Å². The average Bonchev–Trinajstić information content (AvgIpc) is 2.43. The molecule has 0 saturated carbocycles. The van der Waals surface area contributed by atoms with E-state index in [9.17, 15) is 18.9 Å². The molecule has 0 atom stereocenters. The number of nitrogens with one attached hydrogen (secondary N) is 2. The van der Waals surface area contributed by atoms with Gasteiger partial charge in [-0.3, -0.25) is 10.1 Å². The van der Waals surface area contributed by atoms with Crippen molar-refractivity contribution >= 4 is 50.3 Å². The maximum absolute atomic E-state index is 13.7. The van der Waals surface area contributed by atoms with Gasteiger partial charge in [0.1, 0.15) is 5.82 Å². The summed E-state index contributed by atoms with van der Waals surface area (Å²) in [5.41, 5.74) is 0.219. The van der Waals surface area contributed by atoms with Crippen LogP contribution in [0.25, 0.3) is 0 Å². The Hall–Kier alpha value is -2.13. The number of halogens is 3. The second kappa shape index (κ2) is 6.75. The highest BCUT2D eigenvalue weighted by atomic mass is 79.9. The first-order chi connectivity index (χ1) is 10.4. The molecule has 0 aliphatic rings. The van der Waals surface area contributed by atoms with Crippen LogP contribution in [0.1, 0.15) is 0 Å². The average molecular weight is 388 g/mol. The van der Waals surface area contributed by atoms with Crippen molar-refractivity contribution in [3.05, 3.63) is 62.6 Å². The predicted molar refractivity (Wildman–Crippen MR) is 87.0 cm³/mol. The lowest BCUT2D eigenvalue weighted by atomic mass is 10.3. The molecule has 0 aliphatic heterocycles. The van der Waals surface area contributed by atoms with Crippen molar-refractivity contribution in [2.75, 3.05) is 10.6 Å². The molecule has 0 fully saturated rings. The summed E-state index contributed by atoms with van der Waals surface area (Å²) in [5, 5.41) is 15.9. The van der Waals surface area contributed by atoms with Crippen molar-refractivity contribution in [1.29, 1.82) is 0 Å². The van der Waals surface area contributed by atoms with Crippen LogP contribution < -0.4 is 10.6 Å². The zero-order valence-corrected chi connectivity index (χ0v) is 13.2. The van der Waals surface area contributed by atoms with Crippen LogP contribution >= 0.6 is 28.1 Å². The summed E-state index contributed by atoms with van der Waals surface area (Å²) in [6.07, 6.45) is 0. The summed E-state index contributed by atoms with van der Waals surface area (Å²) in [7, 11) is 0. The normalized spacial score (nSPS) is 10.1. The number of hydrogen-bond acceptors (Lipinski definition) is 3. The molecule has 2 aromatic carbocycles. The molecule has 114 valence electrons. The van der Waals surface area contributed by atoms with E-state index in [2.05, 4.69) is 26.6 Å². The van der Waals surface area contributed by atoms with Crippen molar-refractivity contribution in [1.82, 2.24) is 0 Å². The largest absolute Gasteiger partial charge is 0.332 e. The topological polar surface area (TPSA) is 67.2 Å². The summed E-state index contributed by atoms with van der Waals surface area (Å²) < 4.78 is 26.8. The van der Waals surface area contributed by atoms with Gasteiger partial charge in [-0.05, 0) is 40.3 Å². The number of nitro groups is 1. The highest BCUT2D eigenvalue weighted by Crippen LogP contribution is 2.27. The molecule has 0 aromatic heterocycles. The highest BCUT2D eigenvalue weighted by Gasteiger charge is 2.12. The Labute approximate surface area is 137 Å². The van der Waals surface area contributed by atoms with Gasteiger partial charge in [-0.2, -0.15) is 0 Å². The van der Waals surface area contributed by atoms with Gasteiger partial charge in [-0.1, -0.05) is 6.07 Å². The first kappa shape index (κ1) is 16.2. The van der Waals surface area contributed by atoms with Gasteiger partial charge in [0.15, 0.2) is 10.9 Å². The Kier molecular flexibility index (Phi) is 4.99. The lowest BCUT2D eigenvalue weighted by Gasteiger charge is -2.12. The van der Waals surface area contributed by atoms with E-state index in [1.54, 1.807) is 6.07 Å². The monoisotopic (exact) mass is 387 g/mol. The fraction of sp³-hybridized carbons (Fsp3) is 0. The Morgan fingerprint density at radius 2 is 1.95 bits per heavy atom. The van der Waals surface area contributed by atoms with Crippen LogP contribution in [0, 0.1) is 21.7 Å². The number of nitro benzene ring substituents is 1. The molecule has 0 radical (unpaired) electrons. The van der Waals surface area contributed by atoms with Gasteiger partial charge >= 0.3 is 0 Å². The molecular formula is C13H8BrF2N3O2S. The van der Waals surface area contributed by atoms with Gasteiger partial charge in [0, 0.05) is 28.4 Å². The SMILES string of the molecule is O=[N+]([O-])c1cccc(NC(=S)Nc2c(F)cc(F)cc2Br)c1. The van der Waals surface area contributed by atoms with Gasteiger partial charge in [0.25, 0.3) is 5.69 Å². The number of thiocarbonyl (C=S) groups is 1. The van der Waals surface area contributed by atoms with Crippen molar-refractivity contribution in [3.63, 3.8) is 0 Å². The van der Waals surface area contributed by atoms with E-state index in [4.69, 9.17) is 12.2 Å². The molecule has 2 aromatic rings. The Bertz CT molecular complexity index is 735. The number of non-ortho nitro benzene ring substituents is 1. The standard InChI is InChI=1S/C13H8BrF2N3O2S/c14-10-4-7(15)5-11(16)12(10)18-13(22)17-8-2-1-3-9(6-8)19(20)21/h1-6H,(H2,17,18,22). The molecule has 0 bridgehead atoms. The quantitative estimate of drug-likeness (QED) is 0.462. The van der Waals surface area contributed by atoms with E-state index in [-0.39, 0.29) is 21.0 Å². The highest BCUT2D eigenvalue weighted by molar-refractivity contribution is 9.10. The van der Waals surface area contributed by atoms with Crippen molar-refractivity contribution in [3.8, 4) is 0 Å². The zero-order valence-electron chi connectivity index (χ0n) is 10.8. The van der Waals surface area contributed by atoms with E-state index in [0.717, 1.165) is 6.07 Å². The van der Waals surface area contributed by atoms with E-state index >= 15 is 0 Å². The third-order valence-corrected chi connectivity index (χ3v) is 3.39. The van der Waals surface area contributed by atoms with Crippen LogP contribution in [0.5, 0.6) is 0 Å². The van der Waals surface area contributed by atoms with Gasteiger partial charge in [-0.15, -0.1) is 0 Å². The van der Waals surface area contributed by atoms with Crippen LogP contribution in [0.2, 0.25) is 0 Å². The van der Waals surface area contributed by atoms with E-state index in [1.807, 2.05) is 0 Å². The maximum atomic E-state index is 13.7. The molecule has 0 saturated heterocycles. The minimum Gasteiger partial charge on any atom is -0.332 e. The summed E-state index contributed by atoms with van der Waals surface area (Å²) >= 11 is 8.03. The number of rotatable bonds is 3.